The van der Waals surface area contributed by atoms with Crippen LogP contribution in [0, 0.1) is 0 Å². The fourth-order valence-corrected chi connectivity index (χ4v) is 3.21. The van der Waals surface area contributed by atoms with Gasteiger partial charge in [0.15, 0.2) is 0 Å². The maximum atomic E-state index is 10.6. The standard InChI is InChI=1S/C14H14O3.C10H8O.C4H7BrO2.CH2O3.2K.H/c1-11(15)16-9-10-17-14-8-4-6-12-5-2-3-7-13(12)14;11-10-7-3-5-8-4-1-2-6-9(8)10;1-4(6)7-3-2-5;2-1-4-3;;;/h2-8H,9-10H2,1H3;1-7,11H;2-3H2,1H3;1,3H;;;/q;;;;2*+1;-1/p-1. The second-order valence-corrected chi connectivity index (χ2v) is 8.18. The summed E-state index contributed by atoms with van der Waals surface area (Å²) in [4.78, 5) is 31.8. The molecule has 0 heterocycles. The Labute approximate surface area is 334 Å². The van der Waals surface area contributed by atoms with Crippen molar-refractivity contribution in [3.63, 3.8) is 0 Å². The zero-order valence-corrected chi connectivity index (χ0v) is 31.4. The van der Waals surface area contributed by atoms with Crippen LogP contribution in [0.5, 0.6) is 11.5 Å². The van der Waals surface area contributed by atoms with E-state index >= 15 is 0 Å². The number of aromatic hydroxyl groups is 1. The van der Waals surface area contributed by atoms with Crippen LogP contribution in [0.25, 0.3) is 21.5 Å². The summed E-state index contributed by atoms with van der Waals surface area (Å²) in [7, 11) is 0. The van der Waals surface area contributed by atoms with Crippen molar-refractivity contribution in [3.8, 4) is 11.5 Å². The van der Waals surface area contributed by atoms with E-state index < -0.39 is 0 Å². The largest absolute Gasteiger partial charge is 1.00 e. The van der Waals surface area contributed by atoms with E-state index in [9.17, 15) is 14.7 Å². The average molecular weight is 682 g/mol. The van der Waals surface area contributed by atoms with Crippen molar-refractivity contribution in [1.82, 2.24) is 0 Å². The van der Waals surface area contributed by atoms with Gasteiger partial charge in [-0.25, -0.2) is 0 Å². The Morgan fingerprint density at radius 2 is 1.24 bits per heavy atom. The summed E-state index contributed by atoms with van der Waals surface area (Å²) >= 11 is 3.10. The van der Waals surface area contributed by atoms with Crippen LogP contribution < -0.4 is 113 Å². The van der Waals surface area contributed by atoms with Gasteiger partial charge in [-0.3, -0.25) is 14.4 Å². The van der Waals surface area contributed by atoms with Gasteiger partial charge in [0.05, 0.1) is 0 Å². The fraction of sp³-hybridized carbons (Fsp3) is 0.207. The number of fused-ring (bicyclic) bond motifs is 2. The molecule has 4 aromatic rings. The van der Waals surface area contributed by atoms with E-state index in [2.05, 4.69) is 25.6 Å². The Balaban J connectivity index is -0.000000529. The van der Waals surface area contributed by atoms with Crippen LogP contribution >= 0.6 is 15.9 Å². The van der Waals surface area contributed by atoms with Crippen molar-refractivity contribution in [2.24, 2.45) is 0 Å². The third-order valence-electron chi connectivity index (χ3n) is 4.58. The summed E-state index contributed by atoms with van der Waals surface area (Å²) in [5.41, 5.74) is 0. The molecule has 0 aromatic heterocycles. The third kappa shape index (κ3) is 19.1. The van der Waals surface area contributed by atoms with Gasteiger partial charge in [0.25, 0.3) is 6.47 Å². The van der Waals surface area contributed by atoms with Crippen molar-refractivity contribution in [3.05, 3.63) is 84.9 Å². The van der Waals surface area contributed by atoms with E-state index in [-0.39, 0.29) is 129 Å². The van der Waals surface area contributed by atoms with Gasteiger partial charge in [-0.2, -0.15) is 0 Å². The number of esters is 2. The molecule has 0 fully saturated rings. The van der Waals surface area contributed by atoms with E-state index in [1.165, 1.54) is 13.8 Å². The number of halogens is 1. The van der Waals surface area contributed by atoms with Gasteiger partial charge >= 0.3 is 115 Å². The SMILES string of the molecule is CC(=O)OCCBr.CC(=O)OCCOc1cccc2ccccc12.O=CO[O-].Oc1cccc2ccccc12.[H-].[K+].[K+]. The number of phenols is 1. The molecule has 0 aliphatic carbocycles. The minimum atomic E-state index is -0.286. The number of alkyl halides is 1. The van der Waals surface area contributed by atoms with Crippen molar-refractivity contribution < 1.29 is 148 Å². The molecular weight excluding hydrogens is 650 g/mol. The van der Waals surface area contributed by atoms with Gasteiger partial charge < -0.3 is 30.9 Å². The Morgan fingerprint density at radius 3 is 1.73 bits per heavy atom. The molecule has 0 aliphatic rings. The topological polar surface area (TPSA) is 131 Å². The zero-order chi connectivity index (χ0) is 28.9. The second-order valence-electron chi connectivity index (χ2n) is 7.39. The monoisotopic (exact) mass is 680 g/mol. The third-order valence-corrected chi connectivity index (χ3v) is 4.91. The summed E-state index contributed by atoms with van der Waals surface area (Å²) in [6, 6.07) is 27.2. The molecule has 1 N–H and O–H groups in total. The summed E-state index contributed by atoms with van der Waals surface area (Å²) in [5.74, 6) is 0.657. The molecule has 0 amide bonds. The minimum absolute atomic E-state index is 0. The van der Waals surface area contributed by atoms with Crippen molar-refractivity contribution >= 4 is 55.9 Å². The molecule has 9 nitrogen and oxygen atoms in total. The number of hydrogen-bond donors (Lipinski definition) is 1. The van der Waals surface area contributed by atoms with Crippen molar-refractivity contribution in [1.29, 1.82) is 0 Å². The number of benzene rings is 4. The van der Waals surface area contributed by atoms with E-state index in [0.717, 1.165) is 27.3 Å². The molecule has 12 heteroatoms. The number of ether oxygens (including phenoxy) is 3. The molecule has 4 aromatic carbocycles. The molecule has 41 heavy (non-hydrogen) atoms. The number of hydrogen-bond acceptors (Lipinski definition) is 9. The maximum absolute atomic E-state index is 10.6. The molecule has 0 saturated carbocycles. The first-order chi connectivity index (χ1) is 18.8. The average Bonchev–Trinajstić information content (AvgIpc) is 2.95. The van der Waals surface area contributed by atoms with Gasteiger partial charge in [0.2, 0.25) is 0 Å². The van der Waals surface area contributed by atoms with Crippen LogP contribution in [-0.2, 0) is 28.7 Å². The Hall–Kier alpha value is -0.877. The quantitative estimate of drug-likeness (QED) is 0.0488. The van der Waals surface area contributed by atoms with Gasteiger partial charge in [-0.15, -0.1) is 0 Å². The maximum Gasteiger partial charge on any atom is 1.00 e. The predicted octanol–water partition coefficient (Wildman–Crippen LogP) is -1.17. The molecule has 0 atom stereocenters. The number of carbonyl (C=O) groups is 3. The molecule has 0 unspecified atom stereocenters. The van der Waals surface area contributed by atoms with Crippen LogP contribution in [0.2, 0.25) is 0 Å². The number of carbonyl (C=O) groups excluding carboxylic acids is 3. The zero-order valence-electron chi connectivity index (χ0n) is 24.6. The fourth-order valence-electron chi connectivity index (χ4n) is 3.05. The molecule has 0 bridgehead atoms. The first-order valence-corrected chi connectivity index (χ1v) is 12.8. The normalized spacial score (nSPS) is 8.88. The Kier molecular flexibility index (Phi) is 27.5. The Morgan fingerprint density at radius 1 is 0.780 bits per heavy atom. The molecule has 0 saturated heterocycles. The molecule has 0 radical (unpaired) electrons. The Bertz CT molecular complexity index is 1300. The predicted molar refractivity (Wildman–Crippen MR) is 150 cm³/mol. The second kappa shape index (κ2) is 26.7. The molecular formula is C29H31BrK2O9. The summed E-state index contributed by atoms with van der Waals surface area (Å²) in [6.45, 7) is 3.71. The molecule has 0 spiro atoms. The summed E-state index contributed by atoms with van der Waals surface area (Å²) < 4.78 is 14.9. The number of rotatable bonds is 7. The van der Waals surface area contributed by atoms with Gasteiger partial charge in [-0.05, 0) is 22.9 Å². The first-order valence-electron chi connectivity index (χ1n) is 11.7. The summed E-state index contributed by atoms with van der Waals surface area (Å²) in [5, 5.41) is 22.7. The molecule has 0 aliphatic heterocycles. The van der Waals surface area contributed by atoms with Crippen LogP contribution in [0.4, 0.5) is 0 Å². The molecule has 210 valence electrons. The van der Waals surface area contributed by atoms with Gasteiger partial charge in [0, 0.05) is 30.0 Å². The van der Waals surface area contributed by atoms with Crippen molar-refractivity contribution in [2.45, 2.75) is 13.8 Å². The summed E-state index contributed by atoms with van der Waals surface area (Å²) in [6.07, 6.45) is 0. The van der Waals surface area contributed by atoms with E-state index in [0.29, 0.717) is 24.3 Å². The first kappa shape index (κ1) is 42.3. The van der Waals surface area contributed by atoms with Gasteiger partial charge in [0.1, 0.15) is 31.3 Å². The van der Waals surface area contributed by atoms with E-state index in [1.807, 2.05) is 78.9 Å². The van der Waals surface area contributed by atoms with Crippen LogP contribution in [-0.4, -0.2) is 48.7 Å². The van der Waals surface area contributed by atoms with Crippen LogP contribution in [0.15, 0.2) is 84.9 Å². The smallest absolute Gasteiger partial charge is 1.00 e. The van der Waals surface area contributed by atoms with Gasteiger partial charge in [-0.1, -0.05) is 88.7 Å². The van der Waals surface area contributed by atoms with E-state index in [1.54, 1.807) is 6.07 Å². The van der Waals surface area contributed by atoms with Crippen molar-refractivity contribution in [2.75, 3.05) is 25.2 Å². The van der Waals surface area contributed by atoms with Crippen LogP contribution in [0.3, 0.4) is 0 Å². The van der Waals surface area contributed by atoms with Crippen LogP contribution in [0.1, 0.15) is 15.3 Å². The van der Waals surface area contributed by atoms with E-state index in [4.69, 9.17) is 19.5 Å². The molecule has 4 rings (SSSR count). The number of phenolic OH excluding ortho intramolecular Hbond substituents is 1. The minimum Gasteiger partial charge on any atom is -1.00 e.